The zero-order chi connectivity index (χ0) is 12.8. The molecule has 2 aliphatic heterocycles. The number of carbonyl (C=O) groups is 1. The van der Waals surface area contributed by atoms with Crippen molar-refractivity contribution >= 4 is 5.97 Å². The van der Waals surface area contributed by atoms with E-state index in [2.05, 4.69) is 32.6 Å². The third kappa shape index (κ3) is 2.47. The second-order valence-electron chi connectivity index (χ2n) is 6.50. The average Bonchev–Trinajstić information content (AvgIpc) is 2.67. The number of ether oxygens (including phenoxy) is 1. The summed E-state index contributed by atoms with van der Waals surface area (Å²) in [5, 5.41) is 9.05. The molecule has 4 heteroatoms. The molecule has 2 rings (SSSR count). The van der Waals surface area contributed by atoms with E-state index < -0.39 is 5.97 Å². The molecule has 0 aromatic heterocycles. The van der Waals surface area contributed by atoms with Gasteiger partial charge in [0.05, 0.1) is 17.1 Å². The molecule has 2 saturated heterocycles. The van der Waals surface area contributed by atoms with E-state index in [0.717, 1.165) is 19.4 Å². The third-order valence-electron chi connectivity index (χ3n) is 4.04. The van der Waals surface area contributed by atoms with Gasteiger partial charge in [-0.05, 0) is 47.1 Å². The van der Waals surface area contributed by atoms with Gasteiger partial charge in [0.1, 0.15) is 0 Å². The SMILES string of the molecule is CC1(C)CC(N2CCC(C(=O)O)C2)C(C)(C)O1. The van der Waals surface area contributed by atoms with E-state index in [4.69, 9.17) is 9.84 Å². The van der Waals surface area contributed by atoms with Crippen LogP contribution in [0.2, 0.25) is 0 Å². The number of hydrogen-bond acceptors (Lipinski definition) is 3. The first-order valence-electron chi connectivity index (χ1n) is 6.38. The first kappa shape index (κ1) is 12.8. The highest BCUT2D eigenvalue weighted by atomic mass is 16.5. The summed E-state index contributed by atoms with van der Waals surface area (Å²) in [6, 6.07) is 0.335. The Morgan fingerprint density at radius 1 is 1.35 bits per heavy atom. The molecule has 98 valence electrons. The molecule has 2 heterocycles. The molecule has 2 unspecified atom stereocenters. The van der Waals surface area contributed by atoms with E-state index >= 15 is 0 Å². The maximum Gasteiger partial charge on any atom is 0.307 e. The molecule has 0 aromatic rings. The Morgan fingerprint density at radius 2 is 2.00 bits per heavy atom. The number of aliphatic carboxylic acids is 1. The highest BCUT2D eigenvalue weighted by Gasteiger charge is 2.49. The van der Waals surface area contributed by atoms with Crippen LogP contribution in [0, 0.1) is 5.92 Å². The molecular weight excluding hydrogens is 218 g/mol. The van der Waals surface area contributed by atoms with Gasteiger partial charge in [0.25, 0.3) is 0 Å². The van der Waals surface area contributed by atoms with Crippen LogP contribution in [0.25, 0.3) is 0 Å². The summed E-state index contributed by atoms with van der Waals surface area (Å²) in [7, 11) is 0. The molecule has 2 fully saturated rings. The van der Waals surface area contributed by atoms with Gasteiger partial charge in [-0.25, -0.2) is 0 Å². The fourth-order valence-corrected chi connectivity index (χ4v) is 3.37. The van der Waals surface area contributed by atoms with E-state index in [1.165, 1.54) is 0 Å². The van der Waals surface area contributed by atoms with Gasteiger partial charge in [-0.15, -0.1) is 0 Å². The monoisotopic (exact) mass is 241 g/mol. The molecule has 4 nitrogen and oxygen atoms in total. The Labute approximate surface area is 103 Å². The molecule has 2 atom stereocenters. The minimum absolute atomic E-state index is 0.102. The Balaban J connectivity index is 2.07. The lowest BCUT2D eigenvalue weighted by molar-refractivity contribution is -0.141. The van der Waals surface area contributed by atoms with Gasteiger partial charge in [-0.2, -0.15) is 0 Å². The minimum atomic E-state index is -0.663. The predicted molar refractivity (Wildman–Crippen MR) is 65.0 cm³/mol. The molecule has 0 spiro atoms. The van der Waals surface area contributed by atoms with Crippen molar-refractivity contribution in [2.24, 2.45) is 5.92 Å². The molecule has 0 radical (unpaired) electrons. The normalized spacial score (nSPS) is 36.2. The van der Waals surface area contributed by atoms with Crippen molar-refractivity contribution in [2.75, 3.05) is 13.1 Å². The lowest BCUT2D eigenvalue weighted by Crippen LogP contribution is -2.45. The number of rotatable bonds is 2. The van der Waals surface area contributed by atoms with Gasteiger partial charge in [0, 0.05) is 12.6 Å². The van der Waals surface area contributed by atoms with E-state index in [-0.39, 0.29) is 17.1 Å². The molecule has 17 heavy (non-hydrogen) atoms. The Kier molecular flexibility index (Phi) is 2.99. The molecular formula is C13H23NO3. The van der Waals surface area contributed by atoms with Gasteiger partial charge in [0.2, 0.25) is 0 Å². The topological polar surface area (TPSA) is 49.8 Å². The largest absolute Gasteiger partial charge is 0.481 e. The molecule has 0 saturated carbocycles. The third-order valence-corrected chi connectivity index (χ3v) is 4.04. The van der Waals surface area contributed by atoms with Crippen LogP contribution in [0.15, 0.2) is 0 Å². The quantitative estimate of drug-likeness (QED) is 0.800. The van der Waals surface area contributed by atoms with Crippen LogP contribution < -0.4 is 0 Å². The standard InChI is InChI=1S/C13H23NO3/c1-12(2)7-10(13(3,4)17-12)14-6-5-9(8-14)11(15)16/h9-10H,5-8H2,1-4H3,(H,15,16). The Morgan fingerprint density at radius 3 is 2.41 bits per heavy atom. The van der Waals surface area contributed by atoms with Crippen molar-refractivity contribution in [3.63, 3.8) is 0 Å². The molecule has 0 aromatic carbocycles. The Bertz CT molecular complexity index is 325. The van der Waals surface area contributed by atoms with E-state index in [1.807, 2.05) is 0 Å². The van der Waals surface area contributed by atoms with Crippen molar-refractivity contribution < 1.29 is 14.6 Å². The van der Waals surface area contributed by atoms with Gasteiger partial charge < -0.3 is 9.84 Å². The highest BCUT2D eigenvalue weighted by molar-refractivity contribution is 5.70. The van der Waals surface area contributed by atoms with Crippen molar-refractivity contribution in [1.29, 1.82) is 0 Å². The molecule has 0 aliphatic carbocycles. The van der Waals surface area contributed by atoms with Crippen molar-refractivity contribution in [1.82, 2.24) is 4.90 Å². The van der Waals surface area contributed by atoms with Gasteiger partial charge in [-0.1, -0.05) is 0 Å². The fourth-order valence-electron chi connectivity index (χ4n) is 3.37. The highest BCUT2D eigenvalue weighted by Crippen LogP contribution is 2.41. The second-order valence-corrected chi connectivity index (χ2v) is 6.50. The summed E-state index contributed by atoms with van der Waals surface area (Å²) in [5.74, 6) is -0.863. The van der Waals surface area contributed by atoms with Crippen molar-refractivity contribution in [3.05, 3.63) is 0 Å². The van der Waals surface area contributed by atoms with Crippen LogP contribution in [0.5, 0.6) is 0 Å². The van der Waals surface area contributed by atoms with E-state index in [0.29, 0.717) is 12.6 Å². The van der Waals surface area contributed by atoms with Crippen LogP contribution in [-0.2, 0) is 9.53 Å². The smallest absolute Gasteiger partial charge is 0.307 e. The number of carboxylic acid groups (broad SMARTS) is 1. The second kappa shape index (κ2) is 3.95. The maximum absolute atomic E-state index is 11.0. The zero-order valence-electron chi connectivity index (χ0n) is 11.2. The van der Waals surface area contributed by atoms with Gasteiger partial charge in [0.15, 0.2) is 0 Å². The molecule has 0 amide bonds. The number of carboxylic acids is 1. The number of nitrogens with zero attached hydrogens (tertiary/aromatic N) is 1. The van der Waals surface area contributed by atoms with E-state index in [9.17, 15) is 4.79 Å². The van der Waals surface area contributed by atoms with Gasteiger partial charge >= 0.3 is 5.97 Å². The fraction of sp³-hybridized carbons (Fsp3) is 0.923. The van der Waals surface area contributed by atoms with Crippen molar-refractivity contribution in [2.45, 2.75) is 57.8 Å². The molecule has 0 bridgehead atoms. The van der Waals surface area contributed by atoms with Crippen LogP contribution in [0.1, 0.15) is 40.5 Å². The van der Waals surface area contributed by atoms with Gasteiger partial charge in [-0.3, -0.25) is 9.69 Å². The lowest BCUT2D eigenvalue weighted by atomic mass is 9.93. The first-order chi connectivity index (χ1) is 7.71. The summed E-state index contributed by atoms with van der Waals surface area (Å²) in [4.78, 5) is 13.3. The van der Waals surface area contributed by atoms with Crippen molar-refractivity contribution in [3.8, 4) is 0 Å². The Hall–Kier alpha value is -0.610. The first-order valence-corrected chi connectivity index (χ1v) is 6.38. The summed E-state index contributed by atoms with van der Waals surface area (Å²) in [5.41, 5.74) is -0.285. The zero-order valence-corrected chi connectivity index (χ0v) is 11.2. The molecule has 1 N–H and O–H groups in total. The lowest BCUT2D eigenvalue weighted by Gasteiger charge is -2.33. The van der Waals surface area contributed by atoms with E-state index in [1.54, 1.807) is 0 Å². The average molecular weight is 241 g/mol. The summed E-state index contributed by atoms with van der Waals surface area (Å²) in [6.45, 7) is 9.99. The minimum Gasteiger partial charge on any atom is -0.481 e. The summed E-state index contributed by atoms with van der Waals surface area (Å²) >= 11 is 0. The predicted octanol–water partition coefficient (Wildman–Crippen LogP) is 1.74. The maximum atomic E-state index is 11.0. The summed E-state index contributed by atoms with van der Waals surface area (Å²) < 4.78 is 6.07. The van der Waals surface area contributed by atoms with Crippen LogP contribution in [-0.4, -0.2) is 46.3 Å². The van der Waals surface area contributed by atoms with Crippen LogP contribution in [0.4, 0.5) is 0 Å². The molecule has 2 aliphatic rings. The van der Waals surface area contributed by atoms with Crippen LogP contribution >= 0.6 is 0 Å². The summed E-state index contributed by atoms with van der Waals surface area (Å²) in [6.07, 6.45) is 1.74. The number of likely N-dealkylation sites (tertiary alicyclic amines) is 1. The van der Waals surface area contributed by atoms with Crippen LogP contribution in [0.3, 0.4) is 0 Å². The number of hydrogen-bond donors (Lipinski definition) is 1.